The van der Waals surface area contributed by atoms with E-state index in [2.05, 4.69) is 5.43 Å². The molecule has 0 aromatic rings. The van der Waals surface area contributed by atoms with Gasteiger partial charge in [-0.05, 0) is 6.92 Å². The molecule has 0 atom stereocenters. The van der Waals surface area contributed by atoms with Gasteiger partial charge in [-0.15, -0.1) is 0 Å². The molecule has 3 heteroatoms. The fourth-order valence-electron chi connectivity index (χ4n) is 0.450. The van der Waals surface area contributed by atoms with Crippen LogP contribution in [0.3, 0.4) is 0 Å². The van der Waals surface area contributed by atoms with Gasteiger partial charge in [-0.25, -0.2) is 0 Å². The van der Waals surface area contributed by atoms with E-state index in [1.807, 2.05) is 6.92 Å². The summed E-state index contributed by atoms with van der Waals surface area (Å²) in [5.41, 5.74) is 2.82. The summed E-state index contributed by atoms with van der Waals surface area (Å²) in [6.07, 6.45) is 1.79. The first kappa shape index (κ1) is 4.46. The fourth-order valence-corrected chi connectivity index (χ4v) is 0.450. The van der Waals surface area contributed by atoms with Crippen LogP contribution in [0, 0.1) is 0 Å². The van der Waals surface area contributed by atoms with Crippen LogP contribution in [0.25, 0.3) is 0 Å². The zero-order valence-electron chi connectivity index (χ0n) is 4.43. The number of allylic oxidation sites excluding steroid dienone is 1. The Hall–Kier alpha value is -0.700. The molecule has 0 spiro atoms. The van der Waals surface area contributed by atoms with Gasteiger partial charge in [0.15, 0.2) is 0 Å². The molecule has 1 aliphatic heterocycles. The molecular formula is C4H8N2O. The van der Waals surface area contributed by atoms with Crippen LogP contribution < -0.4 is 5.43 Å². The van der Waals surface area contributed by atoms with Gasteiger partial charge in [0.05, 0.1) is 6.20 Å². The van der Waals surface area contributed by atoms with E-state index >= 15 is 0 Å². The van der Waals surface area contributed by atoms with Gasteiger partial charge in [-0.1, -0.05) is 5.17 Å². The molecule has 1 N–H and O–H groups in total. The number of hydrogen-bond donors (Lipinski definition) is 1. The molecule has 1 aliphatic rings. The molecule has 3 nitrogen and oxygen atoms in total. The lowest BCUT2D eigenvalue weighted by Crippen LogP contribution is -2.22. The van der Waals surface area contributed by atoms with E-state index in [9.17, 15) is 0 Å². The summed E-state index contributed by atoms with van der Waals surface area (Å²) in [6.45, 7) is 1.89. The van der Waals surface area contributed by atoms with Crippen molar-refractivity contribution in [3.63, 3.8) is 0 Å². The van der Waals surface area contributed by atoms with Gasteiger partial charge in [-0.2, -0.15) is 0 Å². The SMILES string of the molecule is CC1=CNN(C)O1. The fraction of sp³-hybridized carbons (Fsp3) is 0.500. The van der Waals surface area contributed by atoms with Crippen LogP contribution in [0.1, 0.15) is 6.92 Å². The summed E-state index contributed by atoms with van der Waals surface area (Å²) in [6, 6.07) is 0. The van der Waals surface area contributed by atoms with Crippen LogP contribution in [0.5, 0.6) is 0 Å². The normalized spacial score (nSPS) is 20.6. The van der Waals surface area contributed by atoms with Crippen LogP contribution >= 0.6 is 0 Å². The topological polar surface area (TPSA) is 24.5 Å². The molecule has 40 valence electrons. The van der Waals surface area contributed by atoms with Gasteiger partial charge in [0.2, 0.25) is 0 Å². The van der Waals surface area contributed by atoms with Gasteiger partial charge in [0.1, 0.15) is 5.76 Å². The Labute approximate surface area is 42.5 Å². The molecule has 0 aliphatic carbocycles. The van der Waals surface area contributed by atoms with Crippen molar-refractivity contribution >= 4 is 0 Å². The van der Waals surface area contributed by atoms with E-state index in [1.165, 1.54) is 5.17 Å². The van der Waals surface area contributed by atoms with Crippen molar-refractivity contribution in [1.82, 2.24) is 10.6 Å². The Kier molecular flexibility index (Phi) is 0.906. The van der Waals surface area contributed by atoms with Gasteiger partial charge in [0.25, 0.3) is 0 Å². The van der Waals surface area contributed by atoms with Crippen LogP contribution in [0.2, 0.25) is 0 Å². The van der Waals surface area contributed by atoms with Crippen molar-refractivity contribution in [2.45, 2.75) is 6.92 Å². The molecule has 0 aromatic heterocycles. The highest BCUT2D eigenvalue weighted by molar-refractivity contribution is 4.87. The molecule has 0 fully saturated rings. The molecule has 0 unspecified atom stereocenters. The summed E-state index contributed by atoms with van der Waals surface area (Å²) >= 11 is 0. The van der Waals surface area contributed by atoms with Crippen molar-refractivity contribution in [2.24, 2.45) is 0 Å². The number of rotatable bonds is 0. The summed E-state index contributed by atoms with van der Waals surface area (Å²) in [4.78, 5) is 4.94. The van der Waals surface area contributed by atoms with Crippen LogP contribution in [-0.2, 0) is 4.84 Å². The number of nitrogens with zero attached hydrogens (tertiary/aromatic N) is 1. The van der Waals surface area contributed by atoms with Crippen molar-refractivity contribution in [3.05, 3.63) is 12.0 Å². The van der Waals surface area contributed by atoms with Gasteiger partial charge in [0, 0.05) is 7.05 Å². The highest BCUT2D eigenvalue weighted by Gasteiger charge is 2.02. The first-order valence-electron chi connectivity index (χ1n) is 2.13. The number of hydroxylamine groups is 1. The van der Waals surface area contributed by atoms with Crippen molar-refractivity contribution in [1.29, 1.82) is 0 Å². The maximum Gasteiger partial charge on any atom is 0.141 e. The molecule has 0 radical (unpaired) electrons. The Balaban J connectivity index is 2.42. The summed E-state index contributed by atoms with van der Waals surface area (Å²) in [5, 5.41) is 1.54. The minimum atomic E-state index is 0.891. The Morgan fingerprint density at radius 2 is 2.57 bits per heavy atom. The predicted molar refractivity (Wildman–Crippen MR) is 25.7 cm³/mol. The first-order chi connectivity index (χ1) is 3.29. The largest absolute Gasteiger partial charge is 0.390 e. The third-order valence-corrected chi connectivity index (χ3v) is 0.731. The molecule has 0 saturated carbocycles. The molecule has 0 saturated heterocycles. The molecule has 7 heavy (non-hydrogen) atoms. The standard InChI is InChI=1S/C4H8N2O/c1-4-3-5-6(2)7-4/h3,5H,1-2H3. The Morgan fingerprint density at radius 1 is 1.86 bits per heavy atom. The summed E-state index contributed by atoms with van der Waals surface area (Å²) in [7, 11) is 1.80. The number of nitrogens with one attached hydrogen (secondary N) is 1. The number of hydrazine groups is 1. The monoisotopic (exact) mass is 100 g/mol. The number of hydrogen-bond acceptors (Lipinski definition) is 3. The highest BCUT2D eigenvalue weighted by atomic mass is 16.7. The van der Waals surface area contributed by atoms with E-state index in [1.54, 1.807) is 13.2 Å². The zero-order chi connectivity index (χ0) is 5.28. The van der Waals surface area contributed by atoms with Crippen molar-refractivity contribution < 1.29 is 4.84 Å². The zero-order valence-corrected chi connectivity index (χ0v) is 4.43. The lowest BCUT2D eigenvalue weighted by atomic mass is 10.6. The third-order valence-electron chi connectivity index (χ3n) is 0.731. The maximum absolute atomic E-state index is 4.94. The lowest BCUT2D eigenvalue weighted by Gasteiger charge is -2.06. The van der Waals surface area contributed by atoms with Crippen LogP contribution in [0.4, 0.5) is 0 Å². The smallest absolute Gasteiger partial charge is 0.141 e. The van der Waals surface area contributed by atoms with Gasteiger partial charge < -0.3 is 4.84 Å². The van der Waals surface area contributed by atoms with Crippen molar-refractivity contribution in [3.8, 4) is 0 Å². The second kappa shape index (κ2) is 1.42. The quantitative estimate of drug-likeness (QED) is 0.471. The van der Waals surface area contributed by atoms with E-state index in [0.29, 0.717) is 0 Å². The lowest BCUT2D eigenvalue weighted by molar-refractivity contribution is -0.101. The molecule has 1 rings (SSSR count). The maximum atomic E-state index is 4.94. The molecule has 0 bridgehead atoms. The molecule has 0 aromatic carbocycles. The van der Waals surface area contributed by atoms with E-state index in [4.69, 9.17) is 4.84 Å². The molecular weight excluding hydrogens is 92.1 g/mol. The molecule has 1 heterocycles. The Morgan fingerprint density at radius 3 is 2.71 bits per heavy atom. The minimum Gasteiger partial charge on any atom is -0.390 e. The van der Waals surface area contributed by atoms with Crippen molar-refractivity contribution in [2.75, 3.05) is 7.05 Å². The van der Waals surface area contributed by atoms with Crippen LogP contribution in [-0.4, -0.2) is 12.2 Å². The summed E-state index contributed by atoms with van der Waals surface area (Å²) < 4.78 is 0. The van der Waals surface area contributed by atoms with Crippen LogP contribution in [0.15, 0.2) is 12.0 Å². The average molecular weight is 100 g/mol. The minimum absolute atomic E-state index is 0.891. The average Bonchev–Trinajstić information content (AvgIpc) is 1.87. The van der Waals surface area contributed by atoms with E-state index in [0.717, 1.165) is 5.76 Å². The first-order valence-corrected chi connectivity index (χ1v) is 2.13. The predicted octanol–water partition coefficient (Wildman–Crippen LogP) is 0.229. The van der Waals surface area contributed by atoms with E-state index in [-0.39, 0.29) is 0 Å². The van der Waals surface area contributed by atoms with Gasteiger partial charge in [-0.3, -0.25) is 5.43 Å². The third kappa shape index (κ3) is 0.838. The highest BCUT2D eigenvalue weighted by Crippen LogP contribution is 2.00. The second-order valence-electron chi connectivity index (χ2n) is 1.47. The van der Waals surface area contributed by atoms with Gasteiger partial charge >= 0.3 is 0 Å². The van der Waals surface area contributed by atoms with E-state index < -0.39 is 0 Å². The Bertz CT molecular complexity index is 99.9. The molecule has 0 amide bonds. The summed E-state index contributed by atoms with van der Waals surface area (Å²) in [5.74, 6) is 0.891. The second-order valence-corrected chi connectivity index (χ2v) is 1.47.